The van der Waals surface area contributed by atoms with Crippen LogP contribution in [0.4, 0.5) is 11.4 Å². The molecular formula is C34H47N5O3. The van der Waals surface area contributed by atoms with Gasteiger partial charge in [-0.2, -0.15) is 0 Å². The molecule has 3 atom stereocenters. The summed E-state index contributed by atoms with van der Waals surface area (Å²) < 4.78 is 6.28. The Hall–Kier alpha value is -3.39. The molecule has 2 fully saturated rings. The molecule has 0 bridgehead atoms. The van der Waals surface area contributed by atoms with Crippen LogP contribution in [0.2, 0.25) is 0 Å². The predicted octanol–water partition coefficient (Wildman–Crippen LogP) is 6.39. The average molecular weight is 574 g/mol. The third-order valence-electron chi connectivity index (χ3n) is 9.40. The standard InChI is InChI=1S/C34H47N5O3/c1-23-11-9-12-24(2)38(23)19-7-4-8-20-39-29-22-28(37-33(40)25-13-5-3-6-14-25)17-18-30(29)42-31(34(39)41)26-15-10-16-27(21-26)32(35)36/h10,15-18,21-25,31H,3-9,11-14,19-20H2,1-2H3,(H3,35,36)(H,37,40)/t23-,24+,31?. The van der Waals surface area contributed by atoms with Crippen LogP contribution in [0.25, 0.3) is 0 Å². The second-order valence-corrected chi connectivity index (χ2v) is 12.5. The number of anilines is 2. The van der Waals surface area contributed by atoms with Gasteiger partial charge in [0.1, 0.15) is 11.6 Å². The normalized spacial score (nSPS) is 23.2. The van der Waals surface area contributed by atoms with Gasteiger partial charge in [-0.15, -0.1) is 0 Å². The summed E-state index contributed by atoms with van der Waals surface area (Å²) in [6.07, 6.45) is 11.3. The van der Waals surface area contributed by atoms with Crippen molar-refractivity contribution in [2.24, 2.45) is 11.7 Å². The van der Waals surface area contributed by atoms with E-state index < -0.39 is 6.10 Å². The third kappa shape index (κ3) is 6.97. The molecule has 0 aromatic heterocycles. The second-order valence-electron chi connectivity index (χ2n) is 12.5. The molecule has 2 aromatic carbocycles. The van der Waals surface area contributed by atoms with Crippen LogP contribution >= 0.6 is 0 Å². The van der Waals surface area contributed by atoms with Crippen LogP contribution in [0.5, 0.6) is 5.75 Å². The van der Waals surface area contributed by atoms with Gasteiger partial charge in [-0.25, -0.2) is 0 Å². The maximum atomic E-state index is 14.0. The van der Waals surface area contributed by atoms with Gasteiger partial charge in [0, 0.05) is 41.4 Å². The summed E-state index contributed by atoms with van der Waals surface area (Å²) in [5, 5.41) is 10.9. The fourth-order valence-electron chi connectivity index (χ4n) is 6.92. The van der Waals surface area contributed by atoms with E-state index in [9.17, 15) is 9.59 Å². The average Bonchev–Trinajstić information content (AvgIpc) is 2.99. The number of nitrogen functional groups attached to an aromatic ring is 1. The number of rotatable bonds is 10. The lowest BCUT2D eigenvalue weighted by molar-refractivity contribution is -0.126. The fourth-order valence-corrected chi connectivity index (χ4v) is 6.92. The molecule has 1 aliphatic carbocycles. The van der Waals surface area contributed by atoms with Crippen molar-refractivity contribution in [1.82, 2.24) is 4.90 Å². The lowest BCUT2D eigenvalue weighted by Crippen LogP contribution is -2.44. The number of likely N-dealkylation sites (tertiary alicyclic amines) is 1. The largest absolute Gasteiger partial charge is 0.474 e. The molecule has 1 saturated heterocycles. The number of amides is 2. The van der Waals surface area contributed by atoms with E-state index in [1.807, 2.05) is 29.2 Å². The molecule has 2 aromatic rings. The summed E-state index contributed by atoms with van der Waals surface area (Å²) in [6, 6.07) is 14.0. The van der Waals surface area contributed by atoms with Gasteiger partial charge in [-0.1, -0.05) is 50.3 Å². The number of nitrogens with zero attached hydrogens (tertiary/aromatic N) is 2. The lowest BCUT2D eigenvalue weighted by Gasteiger charge is -2.39. The number of nitrogens with one attached hydrogen (secondary N) is 2. The monoisotopic (exact) mass is 573 g/mol. The third-order valence-corrected chi connectivity index (χ3v) is 9.40. The number of benzene rings is 2. The topological polar surface area (TPSA) is 112 Å². The Morgan fingerprint density at radius 3 is 2.43 bits per heavy atom. The second kappa shape index (κ2) is 13.7. The zero-order valence-corrected chi connectivity index (χ0v) is 25.2. The van der Waals surface area contributed by atoms with Gasteiger partial charge < -0.3 is 20.7 Å². The SMILES string of the molecule is C[C@@H]1CCC[C@H](C)N1CCCCCN1C(=O)C(c2cccc(C(=N)N)c2)Oc2ccc(NC(=O)C3CCCCC3)cc21. The van der Waals surface area contributed by atoms with Crippen molar-refractivity contribution in [2.75, 3.05) is 23.3 Å². The van der Waals surface area contributed by atoms with E-state index in [4.69, 9.17) is 15.9 Å². The molecule has 3 aliphatic rings. The smallest absolute Gasteiger partial charge is 0.272 e. The fraction of sp³-hybridized carbons (Fsp3) is 0.559. The molecule has 226 valence electrons. The summed E-state index contributed by atoms with van der Waals surface area (Å²) in [5.74, 6) is 0.529. The Balaban J connectivity index is 1.32. The highest BCUT2D eigenvalue weighted by atomic mass is 16.5. The Morgan fingerprint density at radius 1 is 0.952 bits per heavy atom. The summed E-state index contributed by atoms with van der Waals surface area (Å²) in [4.78, 5) is 31.4. The first kappa shape index (κ1) is 30.1. The molecule has 2 heterocycles. The van der Waals surface area contributed by atoms with E-state index in [0.717, 1.165) is 51.5 Å². The molecule has 2 amide bonds. The van der Waals surface area contributed by atoms with E-state index in [2.05, 4.69) is 24.1 Å². The molecule has 1 saturated carbocycles. The number of amidine groups is 1. The quantitative estimate of drug-likeness (QED) is 0.173. The molecule has 5 rings (SSSR count). The molecule has 2 aliphatic heterocycles. The van der Waals surface area contributed by atoms with Crippen molar-refractivity contribution in [3.05, 3.63) is 53.6 Å². The Labute approximate surface area is 250 Å². The number of carbonyl (C=O) groups excluding carboxylic acids is 2. The highest BCUT2D eigenvalue weighted by Gasteiger charge is 2.36. The van der Waals surface area contributed by atoms with Crippen molar-refractivity contribution in [1.29, 1.82) is 5.41 Å². The van der Waals surface area contributed by atoms with Crippen LogP contribution < -0.4 is 20.7 Å². The van der Waals surface area contributed by atoms with Crippen LogP contribution in [0.15, 0.2) is 42.5 Å². The lowest BCUT2D eigenvalue weighted by atomic mass is 9.88. The van der Waals surface area contributed by atoms with Crippen LogP contribution in [0.1, 0.15) is 102 Å². The minimum Gasteiger partial charge on any atom is -0.474 e. The van der Waals surface area contributed by atoms with Crippen molar-refractivity contribution in [3.8, 4) is 5.75 Å². The van der Waals surface area contributed by atoms with Gasteiger partial charge in [0.2, 0.25) is 12.0 Å². The van der Waals surface area contributed by atoms with Gasteiger partial charge in [0.05, 0.1) is 5.69 Å². The summed E-state index contributed by atoms with van der Waals surface area (Å²) in [6.45, 7) is 6.34. The molecule has 0 radical (unpaired) electrons. The van der Waals surface area contributed by atoms with Crippen molar-refractivity contribution in [2.45, 2.75) is 103 Å². The van der Waals surface area contributed by atoms with Gasteiger partial charge >= 0.3 is 0 Å². The summed E-state index contributed by atoms with van der Waals surface area (Å²) >= 11 is 0. The number of hydrogen-bond acceptors (Lipinski definition) is 5. The van der Waals surface area contributed by atoms with E-state index in [1.165, 1.54) is 25.7 Å². The van der Waals surface area contributed by atoms with E-state index in [-0.39, 0.29) is 23.6 Å². The first-order valence-corrected chi connectivity index (χ1v) is 15.9. The molecule has 0 spiro atoms. The minimum atomic E-state index is -0.825. The Kier molecular flexibility index (Phi) is 9.83. The maximum Gasteiger partial charge on any atom is 0.272 e. The predicted molar refractivity (Wildman–Crippen MR) is 168 cm³/mol. The number of nitrogens with two attached hydrogens (primary N) is 1. The number of carbonyl (C=O) groups is 2. The van der Waals surface area contributed by atoms with E-state index in [1.54, 1.807) is 18.2 Å². The number of ether oxygens (including phenoxy) is 1. The van der Waals surface area contributed by atoms with E-state index in [0.29, 0.717) is 46.9 Å². The number of hydrogen-bond donors (Lipinski definition) is 3. The van der Waals surface area contributed by atoms with E-state index >= 15 is 0 Å². The first-order valence-electron chi connectivity index (χ1n) is 15.9. The van der Waals surface area contributed by atoms with Gasteiger partial charge in [0.15, 0.2) is 0 Å². The van der Waals surface area contributed by atoms with Crippen molar-refractivity contribution in [3.63, 3.8) is 0 Å². The molecule has 8 nitrogen and oxygen atoms in total. The summed E-state index contributed by atoms with van der Waals surface area (Å²) in [7, 11) is 0. The molecule has 8 heteroatoms. The molecule has 4 N–H and O–H groups in total. The first-order chi connectivity index (χ1) is 20.3. The minimum absolute atomic E-state index is 0.0481. The van der Waals surface area contributed by atoms with Crippen LogP contribution in [0.3, 0.4) is 0 Å². The van der Waals surface area contributed by atoms with Crippen molar-refractivity contribution >= 4 is 29.0 Å². The Morgan fingerprint density at radius 2 is 1.69 bits per heavy atom. The van der Waals surface area contributed by atoms with Gasteiger partial charge in [-0.3, -0.25) is 19.9 Å². The zero-order valence-electron chi connectivity index (χ0n) is 25.2. The molecule has 1 unspecified atom stereocenters. The number of unbranched alkanes of at least 4 members (excludes halogenated alkanes) is 2. The van der Waals surface area contributed by atoms with Crippen molar-refractivity contribution < 1.29 is 14.3 Å². The van der Waals surface area contributed by atoms with Crippen LogP contribution in [-0.2, 0) is 9.59 Å². The number of fused-ring (bicyclic) bond motifs is 1. The number of piperidine rings is 1. The Bertz CT molecular complexity index is 1260. The highest BCUT2D eigenvalue weighted by molar-refractivity contribution is 6.02. The van der Waals surface area contributed by atoms with Crippen LogP contribution in [0, 0.1) is 11.3 Å². The highest BCUT2D eigenvalue weighted by Crippen LogP contribution is 2.41. The molecule has 42 heavy (non-hydrogen) atoms. The molecular weight excluding hydrogens is 526 g/mol. The van der Waals surface area contributed by atoms with Gasteiger partial charge in [-0.05, 0) is 83.2 Å². The zero-order chi connectivity index (χ0) is 29.6. The van der Waals surface area contributed by atoms with Gasteiger partial charge in [0.25, 0.3) is 5.91 Å². The summed E-state index contributed by atoms with van der Waals surface area (Å²) in [5.41, 5.74) is 8.35. The maximum absolute atomic E-state index is 14.0. The van der Waals surface area contributed by atoms with Crippen LogP contribution in [-0.4, -0.2) is 47.7 Å².